The van der Waals surface area contributed by atoms with Gasteiger partial charge in [-0.15, -0.1) is 0 Å². The van der Waals surface area contributed by atoms with E-state index in [9.17, 15) is 14.0 Å². The number of aromatic nitrogens is 1. The van der Waals surface area contributed by atoms with E-state index in [2.05, 4.69) is 4.98 Å². The van der Waals surface area contributed by atoms with Gasteiger partial charge in [-0.3, -0.25) is 14.6 Å². The lowest BCUT2D eigenvalue weighted by molar-refractivity contribution is -0.144. The van der Waals surface area contributed by atoms with Gasteiger partial charge >= 0.3 is 5.97 Å². The van der Waals surface area contributed by atoms with Crippen molar-refractivity contribution in [1.82, 2.24) is 4.98 Å². The maximum absolute atomic E-state index is 14.5. The fourth-order valence-electron chi connectivity index (χ4n) is 2.76. The summed E-state index contributed by atoms with van der Waals surface area (Å²) in [6, 6.07) is 17.4. The largest absolute Gasteiger partial charge is 0.464 e. The van der Waals surface area contributed by atoms with E-state index in [0.29, 0.717) is 22.4 Å². The molecule has 0 fully saturated rings. The fraction of sp³-hybridized carbons (Fsp3) is 0.174. The molecule has 0 bridgehead atoms. The molecule has 148 valence electrons. The molecule has 0 N–H and O–H groups in total. The van der Waals surface area contributed by atoms with Gasteiger partial charge in [0.15, 0.2) is 0 Å². The van der Waals surface area contributed by atoms with Crippen molar-refractivity contribution in [3.05, 3.63) is 90.0 Å². The average molecular weight is 409 g/mol. The minimum Gasteiger partial charge on any atom is -0.464 e. The van der Waals surface area contributed by atoms with Gasteiger partial charge in [0.1, 0.15) is 12.4 Å². The molecule has 0 saturated heterocycles. The van der Waals surface area contributed by atoms with Crippen LogP contribution in [0.15, 0.2) is 73.1 Å². The standard InChI is InChI=1S/C23H20FNO3S/c1-16(18-9-10-20(21(24)14-18)17-6-3-2-4-7-17)22(26)28-12-13-29-23(27)19-8-5-11-25-15-19/h2-11,14-16H,12-13H2,1H3. The highest BCUT2D eigenvalue weighted by atomic mass is 32.2. The molecule has 4 nitrogen and oxygen atoms in total. The number of ether oxygens (including phenoxy) is 1. The zero-order valence-corrected chi connectivity index (χ0v) is 16.7. The third-order valence-corrected chi connectivity index (χ3v) is 5.26. The van der Waals surface area contributed by atoms with Crippen LogP contribution in [0, 0.1) is 5.82 Å². The van der Waals surface area contributed by atoms with E-state index in [-0.39, 0.29) is 17.5 Å². The number of pyridine rings is 1. The van der Waals surface area contributed by atoms with E-state index in [0.717, 1.165) is 17.3 Å². The second-order valence-electron chi connectivity index (χ2n) is 6.37. The SMILES string of the molecule is CC(C(=O)OCCSC(=O)c1cccnc1)c1ccc(-c2ccccc2)c(F)c1. The van der Waals surface area contributed by atoms with E-state index in [1.165, 1.54) is 12.3 Å². The third-order valence-electron chi connectivity index (χ3n) is 4.39. The molecule has 1 unspecified atom stereocenters. The van der Waals surface area contributed by atoms with Crippen molar-refractivity contribution in [2.45, 2.75) is 12.8 Å². The van der Waals surface area contributed by atoms with Crippen LogP contribution in [0.25, 0.3) is 11.1 Å². The maximum atomic E-state index is 14.5. The van der Waals surface area contributed by atoms with Gasteiger partial charge in [-0.2, -0.15) is 0 Å². The summed E-state index contributed by atoms with van der Waals surface area (Å²) in [5, 5.41) is -0.124. The first kappa shape index (κ1) is 20.7. The summed E-state index contributed by atoms with van der Waals surface area (Å²) in [6.07, 6.45) is 3.09. The first-order valence-electron chi connectivity index (χ1n) is 9.15. The molecule has 1 heterocycles. The Morgan fingerprint density at radius 2 is 1.90 bits per heavy atom. The number of hydrogen-bond donors (Lipinski definition) is 0. The Kier molecular flexibility index (Phi) is 7.14. The zero-order valence-electron chi connectivity index (χ0n) is 15.9. The highest BCUT2D eigenvalue weighted by molar-refractivity contribution is 8.14. The first-order chi connectivity index (χ1) is 14.1. The molecule has 2 aromatic carbocycles. The summed E-state index contributed by atoms with van der Waals surface area (Å²) in [6.45, 7) is 1.78. The van der Waals surface area contributed by atoms with Crippen LogP contribution in [0.5, 0.6) is 0 Å². The number of thioether (sulfide) groups is 1. The summed E-state index contributed by atoms with van der Waals surface area (Å²) in [7, 11) is 0. The smallest absolute Gasteiger partial charge is 0.313 e. The van der Waals surface area contributed by atoms with Crippen molar-refractivity contribution in [3.8, 4) is 11.1 Å². The van der Waals surface area contributed by atoms with Gasteiger partial charge < -0.3 is 4.74 Å². The molecule has 0 amide bonds. The van der Waals surface area contributed by atoms with Gasteiger partial charge in [0.25, 0.3) is 0 Å². The van der Waals surface area contributed by atoms with Gasteiger partial charge in [0.05, 0.1) is 5.92 Å². The predicted octanol–water partition coefficient (Wildman–Crippen LogP) is 5.11. The van der Waals surface area contributed by atoms with Gasteiger partial charge in [-0.25, -0.2) is 4.39 Å². The van der Waals surface area contributed by atoms with E-state index in [4.69, 9.17) is 4.74 Å². The number of benzene rings is 2. The second-order valence-corrected chi connectivity index (χ2v) is 7.44. The van der Waals surface area contributed by atoms with E-state index in [1.807, 2.05) is 30.3 Å². The lowest BCUT2D eigenvalue weighted by Gasteiger charge is -2.13. The van der Waals surface area contributed by atoms with E-state index >= 15 is 0 Å². The zero-order chi connectivity index (χ0) is 20.6. The first-order valence-corrected chi connectivity index (χ1v) is 10.1. The van der Waals surface area contributed by atoms with Crippen molar-refractivity contribution in [2.75, 3.05) is 12.4 Å². The summed E-state index contributed by atoms with van der Waals surface area (Å²) in [4.78, 5) is 28.1. The summed E-state index contributed by atoms with van der Waals surface area (Å²) in [5.41, 5.74) is 2.32. The Hall–Kier alpha value is -2.99. The highest BCUT2D eigenvalue weighted by Gasteiger charge is 2.19. The van der Waals surface area contributed by atoms with Crippen LogP contribution in [0.4, 0.5) is 4.39 Å². The van der Waals surface area contributed by atoms with E-state index < -0.39 is 11.9 Å². The molecule has 0 aliphatic rings. The van der Waals surface area contributed by atoms with Crippen molar-refractivity contribution in [2.24, 2.45) is 0 Å². The van der Waals surface area contributed by atoms with Crippen LogP contribution >= 0.6 is 11.8 Å². The van der Waals surface area contributed by atoms with Crippen molar-refractivity contribution in [3.63, 3.8) is 0 Å². The van der Waals surface area contributed by atoms with Gasteiger partial charge in [0, 0.05) is 29.3 Å². The third kappa shape index (κ3) is 5.51. The van der Waals surface area contributed by atoms with Crippen LogP contribution in [0.3, 0.4) is 0 Å². The molecule has 1 aromatic heterocycles. The Balaban J connectivity index is 1.52. The number of halogens is 1. The summed E-state index contributed by atoms with van der Waals surface area (Å²) < 4.78 is 19.8. The minimum absolute atomic E-state index is 0.102. The number of rotatable bonds is 7. The monoisotopic (exact) mass is 409 g/mol. The number of esters is 1. The molecular weight excluding hydrogens is 389 g/mol. The lowest BCUT2D eigenvalue weighted by Crippen LogP contribution is -2.15. The summed E-state index contributed by atoms with van der Waals surface area (Å²) >= 11 is 1.06. The van der Waals surface area contributed by atoms with Crippen molar-refractivity contribution >= 4 is 22.8 Å². The fourth-order valence-corrected chi connectivity index (χ4v) is 3.40. The average Bonchev–Trinajstić information content (AvgIpc) is 2.77. The van der Waals surface area contributed by atoms with Gasteiger partial charge in [-0.1, -0.05) is 54.2 Å². The number of nitrogens with zero attached hydrogens (tertiary/aromatic N) is 1. The van der Waals surface area contributed by atoms with Crippen LogP contribution in [0.2, 0.25) is 0 Å². The number of hydrogen-bond acceptors (Lipinski definition) is 5. The normalized spacial score (nSPS) is 11.7. The second kappa shape index (κ2) is 9.98. The predicted molar refractivity (Wildman–Crippen MR) is 112 cm³/mol. The Bertz CT molecular complexity index is 980. The molecule has 0 aliphatic carbocycles. The van der Waals surface area contributed by atoms with Crippen LogP contribution in [0.1, 0.15) is 28.8 Å². The number of carbonyl (C=O) groups excluding carboxylic acids is 2. The molecule has 0 saturated carbocycles. The highest BCUT2D eigenvalue weighted by Crippen LogP contribution is 2.26. The topological polar surface area (TPSA) is 56.3 Å². The van der Waals surface area contributed by atoms with Crippen LogP contribution in [-0.4, -0.2) is 28.4 Å². The Morgan fingerprint density at radius 1 is 1.10 bits per heavy atom. The van der Waals surface area contributed by atoms with Gasteiger partial charge in [0.2, 0.25) is 5.12 Å². The molecule has 6 heteroatoms. The molecular formula is C23H20FNO3S. The van der Waals surface area contributed by atoms with Crippen LogP contribution < -0.4 is 0 Å². The quantitative estimate of drug-likeness (QED) is 0.401. The molecule has 3 aromatic rings. The lowest BCUT2D eigenvalue weighted by atomic mass is 9.97. The van der Waals surface area contributed by atoms with Crippen LogP contribution in [-0.2, 0) is 9.53 Å². The van der Waals surface area contributed by atoms with Crippen molar-refractivity contribution in [1.29, 1.82) is 0 Å². The molecule has 3 rings (SSSR count). The Morgan fingerprint density at radius 3 is 2.59 bits per heavy atom. The Labute approximate surface area is 173 Å². The molecule has 1 atom stereocenters. The minimum atomic E-state index is -0.603. The number of carbonyl (C=O) groups is 2. The summed E-state index contributed by atoms with van der Waals surface area (Å²) in [5.74, 6) is -1.10. The molecule has 0 radical (unpaired) electrons. The maximum Gasteiger partial charge on any atom is 0.313 e. The van der Waals surface area contributed by atoms with Gasteiger partial charge in [-0.05, 0) is 36.2 Å². The van der Waals surface area contributed by atoms with E-state index in [1.54, 1.807) is 37.4 Å². The molecule has 0 spiro atoms. The molecule has 29 heavy (non-hydrogen) atoms. The van der Waals surface area contributed by atoms with Crippen molar-refractivity contribution < 1.29 is 18.7 Å². The molecule has 0 aliphatic heterocycles.